The van der Waals surface area contributed by atoms with E-state index < -0.39 is 5.41 Å². The molecule has 1 heterocycles. The first-order valence-corrected chi connectivity index (χ1v) is 18.0. The van der Waals surface area contributed by atoms with E-state index in [0.717, 1.165) is 22.3 Å². The maximum absolute atomic E-state index is 5.07. The summed E-state index contributed by atoms with van der Waals surface area (Å²) in [5.74, 6) is 1.94. The summed E-state index contributed by atoms with van der Waals surface area (Å²) < 4.78 is 0. The fourth-order valence-corrected chi connectivity index (χ4v) is 8.31. The van der Waals surface area contributed by atoms with Gasteiger partial charge in [-0.05, 0) is 67.4 Å². The summed E-state index contributed by atoms with van der Waals surface area (Å²) in [6.45, 7) is 0. The van der Waals surface area contributed by atoms with Crippen LogP contribution in [0.3, 0.4) is 0 Å². The van der Waals surface area contributed by atoms with Crippen LogP contribution < -0.4 is 0 Å². The number of aromatic nitrogens is 3. The van der Waals surface area contributed by atoms with Crippen LogP contribution in [0.25, 0.3) is 67.2 Å². The van der Waals surface area contributed by atoms with Crippen molar-refractivity contribution in [1.82, 2.24) is 15.0 Å². The van der Waals surface area contributed by atoms with Gasteiger partial charge in [0.1, 0.15) is 0 Å². The molecule has 0 amide bonds. The van der Waals surface area contributed by atoms with Crippen molar-refractivity contribution in [3.63, 3.8) is 0 Å². The van der Waals surface area contributed by atoms with Crippen molar-refractivity contribution >= 4 is 10.8 Å². The van der Waals surface area contributed by atoms with Gasteiger partial charge in [0.15, 0.2) is 17.5 Å². The average molecular weight is 676 g/mol. The Morgan fingerprint density at radius 1 is 0.340 bits per heavy atom. The molecule has 0 saturated carbocycles. The van der Waals surface area contributed by atoms with Gasteiger partial charge in [-0.15, -0.1) is 0 Å². The smallest absolute Gasteiger partial charge is 0.164 e. The van der Waals surface area contributed by atoms with Crippen LogP contribution in [0.1, 0.15) is 22.3 Å². The number of hydrogen-bond donors (Lipinski definition) is 0. The summed E-state index contributed by atoms with van der Waals surface area (Å²) in [5, 5.41) is 2.46. The van der Waals surface area contributed by atoms with Crippen molar-refractivity contribution in [2.24, 2.45) is 0 Å². The Bertz CT molecular complexity index is 2660. The van der Waals surface area contributed by atoms with Crippen LogP contribution in [-0.2, 0) is 5.41 Å². The molecule has 10 rings (SSSR count). The second-order valence-corrected chi connectivity index (χ2v) is 13.5. The van der Waals surface area contributed by atoms with Gasteiger partial charge in [0.25, 0.3) is 0 Å². The predicted octanol–water partition coefficient (Wildman–Crippen LogP) is 12.1. The maximum Gasteiger partial charge on any atom is 0.164 e. The Labute approximate surface area is 309 Å². The minimum Gasteiger partial charge on any atom is -0.208 e. The number of benzene rings is 8. The monoisotopic (exact) mass is 675 g/mol. The van der Waals surface area contributed by atoms with Gasteiger partial charge in [-0.3, -0.25) is 0 Å². The molecule has 3 heteroatoms. The van der Waals surface area contributed by atoms with Gasteiger partial charge in [-0.2, -0.15) is 0 Å². The highest BCUT2D eigenvalue weighted by Gasteiger charge is 2.48. The molecule has 0 radical (unpaired) electrons. The Balaban J connectivity index is 1.25. The van der Waals surface area contributed by atoms with Crippen LogP contribution in [0, 0.1) is 0 Å². The van der Waals surface area contributed by atoms with Gasteiger partial charge in [0.05, 0.1) is 5.41 Å². The third kappa shape index (κ3) is 5.01. The fraction of sp³-hybridized carbons (Fsp3) is 0.0200. The highest BCUT2D eigenvalue weighted by atomic mass is 15.0. The third-order valence-corrected chi connectivity index (χ3v) is 10.6. The zero-order valence-corrected chi connectivity index (χ0v) is 28.9. The zero-order chi connectivity index (χ0) is 35.2. The standard InChI is InChI=1S/C50H33N3/c1-5-18-34(19-6-1)47-51-48(35-20-7-2-8-21-35)53-49(52-47)38-24-17-23-36(32-38)43-33-37-22-13-14-29-41(37)46-45(43)42-30-15-16-31-44(42)50(46,39-25-9-3-10-26-39)40-27-11-4-12-28-40/h1-33H. The van der Waals surface area contributed by atoms with Crippen molar-refractivity contribution in [2.75, 3.05) is 0 Å². The van der Waals surface area contributed by atoms with Crippen LogP contribution in [0.5, 0.6) is 0 Å². The van der Waals surface area contributed by atoms with Gasteiger partial charge < -0.3 is 0 Å². The quantitative estimate of drug-likeness (QED) is 0.176. The van der Waals surface area contributed by atoms with E-state index in [-0.39, 0.29) is 0 Å². The number of nitrogens with zero attached hydrogens (tertiary/aromatic N) is 3. The summed E-state index contributed by atoms with van der Waals surface area (Å²) in [6.07, 6.45) is 0. The van der Waals surface area contributed by atoms with E-state index in [9.17, 15) is 0 Å². The molecule has 0 saturated heterocycles. The molecule has 0 spiro atoms. The van der Waals surface area contributed by atoms with Crippen LogP contribution in [-0.4, -0.2) is 15.0 Å². The van der Waals surface area contributed by atoms with Gasteiger partial charge in [0, 0.05) is 16.7 Å². The average Bonchev–Trinajstić information content (AvgIpc) is 3.57. The lowest BCUT2D eigenvalue weighted by molar-refractivity contribution is 0.775. The molecule has 9 aromatic rings. The largest absolute Gasteiger partial charge is 0.208 e. The Morgan fingerprint density at radius 3 is 1.43 bits per heavy atom. The second kappa shape index (κ2) is 12.7. The van der Waals surface area contributed by atoms with Crippen LogP contribution >= 0.6 is 0 Å². The van der Waals surface area contributed by atoms with Gasteiger partial charge in [0.2, 0.25) is 0 Å². The first kappa shape index (κ1) is 30.8. The predicted molar refractivity (Wildman–Crippen MR) is 216 cm³/mol. The first-order valence-electron chi connectivity index (χ1n) is 18.0. The van der Waals surface area contributed by atoms with Crippen LogP contribution in [0.2, 0.25) is 0 Å². The Hall–Kier alpha value is -6.97. The third-order valence-electron chi connectivity index (χ3n) is 10.6. The molecule has 53 heavy (non-hydrogen) atoms. The van der Waals surface area contributed by atoms with E-state index in [2.05, 4.69) is 140 Å². The van der Waals surface area contributed by atoms with Crippen molar-refractivity contribution in [1.29, 1.82) is 0 Å². The molecule has 0 fully saturated rings. The lowest BCUT2D eigenvalue weighted by atomic mass is 9.66. The highest BCUT2D eigenvalue weighted by molar-refractivity contribution is 6.07. The Morgan fingerprint density at radius 2 is 0.811 bits per heavy atom. The summed E-state index contributed by atoms with van der Waals surface area (Å²) in [4.78, 5) is 15.1. The van der Waals surface area contributed by atoms with E-state index in [1.165, 1.54) is 49.7 Å². The van der Waals surface area contributed by atoms with Crippen LogP contribution in [0.4, 0.5) is 0 Å². The second-order valence-electron chi connectivity index (χ2n) is 13.5. The van der Waals surface area contributed by atoms with E-state index in [4.69, 9.17) is 15.0 Å². The molecule has 0 aliphatic heterocycles. The summed E-state index contributed by atoms with van der Waals surface area (Å²) >= 11 is 0. The minimum atomic E-state index is -0.523. The van der Waals surface area contributed by atoms with Crippen molar-refractivity contribution < 1.29 is 0 Å². The molecule has 1 aliphatic carbocycles. The normalized spacial score (nSPS) is 12.7. The molecule has 3 nitrogen and oxygen atoms in total. The maximum atomic E-state index is 5.07. The molecule has 1 aliphatic rings. The molecule has 0 atom stereocenters. The summed E-state index contributed by atoms with van der Waals surface area (Å²) in [7, 11) is 0. The summed E-state index contributed by atoms with van der Waals surface area (Å²) in [5.41, 5.74) is 12.2. The molecule has 1 aromatic heterocycles. The van der Waals surface area contributed by atoms with Crippen molar-refractivity contribution in [2.45, 2.75) is 5.41 Å². The molecular weight excluding hydrogens is 643 g/mol. The zero-order valence-electron chi connectivity index (χ0n) is 28.9. The number of hydrogen-bond acceptors (Lipinski definition) is 3. The van der Waals surface area contributed by atoms with E-state index in [1.807, 2.05) is 60.7 Å². The Kier molecular flexibility index (Phi) is 7.36. The van der Waals surface area contributed by atoms with E-state index in [1.54, 1.807) is 0 Å². The number of rotatable bonds is 6. The fourth-order valence-electron chi connectivity index (χ4n) is 8.31. The van der Waals surface area contributed by atoms with E-state index in [0.29, 0.717) is 17.5 Å². The van der Waals surface area contributed by atoms with Gasteiger partial charge in [-0.1, -0.05) is 188 Å². The lowest BCUT2D eigenvalue weighted by Gasteiger charge is -2.35. The molecule has 0 bridgehead atoms. The SMILES string of the molecule is c1ccc(-c2nc(-c3ccccc3)nc(-c3cccc(-c4cc5ccccc5c5c4-c4ccccc4C5(c4ccccc4)c4ccccc4)c3)n2)cc1. The van der Waals surface area contributed by atoms with Crippen molar-refractivity contribution in [3.05, 3.63) is 222 Å². The molecule has 0 N–H and O–H groups in total. The molecule has 248 valence electrons. The van der Waals surface area contributed by atoms with Crippen LogP contribution in [0.15, 0.2) is 200 Å². The lowest BCUT2D eigenvalue weighted by Crippen LogP contribution is -2.28. The van der Waals surface area contributed by atoms with Gasteiger partial charge >= 0.3 is 0 Å². The molecule has 8 aromatic carbocycles. The highest BCUT2D eigenvalue weighted by Crippen LogP contribution is 2.60. The molecule has 0 unspecified atom stereocenters. The minimum absolute atomic E-state index is 0.523. The molecular formula is C50H33N3. The summed E-state index contributed by atoms with van der Waals surface area (Å²) in [6, 6.07) is 71.2. The topological polar surface area (TPSA) is 38.7 Å². The van der Waals surface area contributed by atoms with Crippen molar-refractivity contribution in [3.8, 4) is 56.4 Å². The van der Waals surface area contributed by atoms with E-state index >= 15 is 0 Å². The van der Waals surface area contributed by atoms with Gasteiger partial charge in [-0.25, -0.2) is 15.0 Å². The first-order chi connectivity index (χ1) is 26.3. The number of fused-ring (bicyclic) bond motifs is 5.